The smallest absolute Gasteiger partial charge is 0.0612 e. The Morgan fingerprint density at radius 2 is 2.14 bits per heavy atom. The van der Waals surface area contributed by atoms with Crippen LogP contribution in [0.2, 0.25) is 0 Å². The van der Waals surface area contributed by atoms with E-state index in [4.69, 9.17) is 15.6 Å². The first-order valence-electron chi connectivity index (χ1n) is 5.73. The summed E-state index contributed by atoms with van der Waals surface area (Å²) in [6.45, 7) is 0.978. The quantitative estimate of drug-likeness (QED) is 0.695. The lowest BCUT2D eigenvalue weighted by Gasteiger charge is -2.20. The first kappa shape index (κ1) is 10.4. The van der Waals surface area contributed by atoms with Gasteiger partial charge < -0.3 is 15.6 Å². The van der Waals surface area contributed by atoms with Crippen LogP contribution in [0.1, 0.15) is 38.5 Å². The molecule has 2 aliphatic rings. The molecule has 0 radical (unpaired) electrons. The van der Waals surface area contributed by atoms with Crippen LogP contribution in [0.4, 0.5) is 0 Å². The van der Waals surface area contributed by atoms with Crippen LogP contribution in [-0.4, -0.2) is 30.0 Å². The van der Waals surface area contributed by atoms with Crippen LogP contribution in [0.3, 0.4) is 0 Å². The van der Waals surface area contributed by atoms with Gasteiger partial charge in [-0.05, 0) is 31.6 Å². The van der Waals surface area contributed by atoms with Gasteiger partial charge in [-0.15, -0.1) is 0 Å². The number of aliphatic hydroxyl groups excluding tert-OH is 1. The number of rotatable bonds is 5. The summed E-state index contributed by atoms with van der Waals surface area (Å²) >= 11 is 0. The Morgan fingerprint density at radius 3 is 2.71 bits per heavy atom. The Labute approximate surface area is 85.6 Å². The van der Waals surface area contributed by atoms with Gasteiger partial charge in [-0.3, -0.25) is 0 Å². The van der Waals surface area contributed by atoms with Crippen molar-refractivity contribution in [2.24, 2.45) is 11.7 Å². The van der Waals surface area contributed by atoms with Gasteiger partial charge in [0.15, 0.2) is 0 Å². The van der Waals surface area contributed by atoms with Crippen molar-refractivity contribution in [3.05, 3.63) is 0 Å². The molecule has 2 unspecified atom stereocenters. The molecule has 0 aromatic heterocycles. The number of nitrogens with two attached hydrogens (primary N) is 1. The normalized spacial score (nSPS) is 37.7. The van der Waals surface area contributed by atoms with Crippen LogP contribution in [0.5, 0.6) is 0 Å². The lowest BCUT2D eigenvalue weighted by molar-refractivity contribution is 0.0468. The molecule has 2 fully saturated rings. The zero-order valence-corrected chi connectivity index (χ0v) is 8.74. The van der Waals surface area contributed by atoms with Crippen LogP contribution in [0.15, 0.2) is 0 Å². The Kier molecular flexibility index (Phi) is 3.10. The lowest BCUT2D eigenvalue weighted by Crippen LogP contribution is -2.41. The molecule has 0 aromatic carbocycles. The molecule has 0 aliphatic heterocycles. The standard InChI is InChI=1S/C11H21NO2/c12-11(8-13)5-3-10(7-11)14-6-4-9-1-2-9/h9-10,13H,1-8,12H2. The SMILES string of the molecule is NC1(CO)CCC(OCCC2CC2)C1. The molecule has 3 N–H and O–H groups in total. The minimum atomic E-state index is -0.357. The minimum Gasteiger partial charge on any atom is -0.394 e. The van der Waals surface area contributed by atoms with Crippen LogP contribution in [0, 0.1) is 5.92 Å². The Balaban J connectivity index is 1.62. The molecule has 2 rings (SSSR count). The van der Waals surface area contributed by atoms with Crippen molar-refractivity contribution in [3.63, 3.8) is 0 Å². The van der Waals surface area contributed by atoms with Gasteiger partial charge in [0.1, 0.15) is 0 Å². The number of ether oxygens (including phenoxy) is 1. The summed E-state index contributed by atoms with van der Waals surface area (Å²) in [6.07, 6.45) is 7.04. The molecular formula is C11H21NO2. The largest absolute Gasteiger partial charge is 0.394 e. The van der Waals surface area contributed by atoms with Gasteiger partial charge >= 0.3 is 0 Å². The molecule has 14 heavy (non-hydrogen) atoms. The van der Waals surface area contributed by atoms with Crippen LogP contribution in [0.25, 0.3) is 0 Å². The van der Waals surface area contributed by atoms with E-state index in [9.17, 15) is 0 Å². The first-order valence-corrected chi connectivity index (χ1v) is 5.73. The average molecular weight is 199 g/mol. The van der Waals surface area contributed by atoms with E-state index in [2.05, 4.69) is 0 Å². The summed E-state index contributed by atoms with van der Waals surface area (Å²) < 4.78 is 5.76. The topological polar surface area (TPSA) is 55.5 Å². The maximum Gasteiger partial charge on any atom is 0.0612 e. The number of aliphatic hydroxyl groups is 1. The van der Waals surface area contributed by atoms with E-state index in [1.165, 1.54) is 19.3 Å². The highest BCUT2D eigenvalue weighted by atomic mass is 16.5. The Bertz CT molecular complexity index is 194. The third-order valence-electron chi connectivity index (χ3n) is 3.49. The van der Waals surface area contributed by atoms with Gasteiger partial charge in [0, 0.05) is 12.1 Å². The molecule has 82 valence electrons. The van der Waals surface area contributed by atoms with Crippen molar-refractivity contribution in [1.82, 2.24) is 0 Å². The number of hydrogen-bond donors (Lipinski definition) is 2. The minimum absolute atomic E-state index is 0.0927. The first-order chi connectivity index (χ1) is 6.72. The number of hydrogen-bond acceptors (Lipinski definition) is 3. The zero-order chi connectivity index (χ0) is 10.0. The van der Waals surface area contributed by atoms with Crippen molar-refractivity contribution in [2.75, 3.05) is 13.2 Å². The molecule has 0 heterocycles. The molecule has 0 aromatic rings. The van der Waals surface area contributed by atoms with E-state index in [1.807, 2.05) is 0 Å². The lowest BCUT2D eigenvalue weighted by atomic mass is 10.0. The van der Waals surface area contributed by atoms with Crippen LogP contribution in [-0.2, 0) is 4.74 Å². The second kappa shape index (κ2) is 4.17. The summed E-state index contributed by atoms with van der Waals surface area (Å²) in [7, 11) is 0. The molecule has 0 amide bonds. The molecule has 0 saturated heterocycles. The second-order valence-corrected chi connectivity index (χ2v) is 4.99. The molecular weight excluding hydrogens is 178 g/mol. The van der Waals surface area contributed by atoms with Crippen molar-refractivity contribution in [2.45, 2.75) is 50.2 Å². The molecule has 2 atom stereocenters. The zero-order valence-electron chi connectivity index (χ0n) is 8.74. The van der Waals surface area contributed by atoms with Gasteiger partial charge in [-0.1, -0.05) is 12.8 Å². The second-order valence-electron chi connectivity index (χ2n) is 4.99. The highest BCUT2D eigenvalue weighted by Gasteiger charge is 2.35. The third kappa shape index (κ3) is 2.69. The molecule has 3 nitrogen and oxygen atoms in total. The Hall–Kier alpha value is -0.120. The van der Waals surface area contributed by atoms with Gasteiger partial charge in [0.25, 0.3) is 0 Å². The fourth-order valence-electron chi connectivity index (χ4n) is 2.20. The summed E-state index contributed by atoms with van der Waals surface area (Å²) in [4.78, 5) is 0. The predicted molar refractivity (Wildman–Crippen MR) is 54.9 cm³/mol. The third-order valence-corrected chi connectivity index (χ3v) is 3.49. The van der Waals surface area contributed by atoms with Crippen molar-refractivity contribution >= 4 is 0 Å². The van der Waals surface area contributed by atoms with E-state index in [1.54, 1.807) is 0 Å². The highest BCUT2D eigenvalue weighted by Crippen LogP contribution is 2.33. The van der Waals surface area contributed by atoms with Gasteiger partial charge in [-0.25, -0.2) is 0 Å². The van der Waals surface area contributed by atoms with Gasteiger partial charge in [0.05, 0.1) is 12.7 Å². The summed E-state index contributed by atoms with van der Waals surface area (Å²) in [5.41, 5.74) is 5.61. The van der Waals surface area contributed by atoms with Crippen molar-refractivity contribution in [1.29, 1.82) is 0 Å². The van der Waals surface area contributed by atoms with E-state index in [-0.39, 0.29) is 12.1 Å². The molecule has 0 bridgehead atoms. The fraction of sp³-hybridized carbons (Fsp3) is 1.00. The molecule has 0 spiro atoms. The fourth-order valence-corrected chi connectivity index (χ4v) is 2.20. The maximum absolute atomic E-state index is 9.09. The van der Waals surface area contributed by atoms with Crippen LogP contribution >= 0.6 is 0 Å². The molecule has 2 saturated carbocycles. The predicted octanol–water partition coefficient (Wildman–Crippen LogP) is 1.05. The van der Waals surface area contributed by atoms with E-state index < -0.39 is 0 Å². The molecule has 3 heteroatoms. The monoisotopic (exact) mass is 199 g/mol. The van der Waals surface area contributed by atoms with Crippen molar-refractivity contribution < 1.29 is 9.84 Å². The van der Waals surface area contributed by atoms with E-state index >= 15 is 0 Å². The van der Waals surface area contributed by atoms with E-state index in [0.717, 1.165) is 31.8 Å². The van der Waals surface area contributed by atoms with E-state index in [0.29, 0.717) is 6.10 Å². The highest BCUT2D eigenvalue weighted by molar-refractivity contribution is 4.93. The maximum atomic E-state index is 9.09. The average Bonchev–Trinajstić information content (AvgIpc) is 2.91. The van der Waals surface area contributed by atoms with Gasteiger partial charge in [-0.2, -0.15) is 0 Å². The molecule has 2 aliphatic carbocycles. The Morgan fingerprint density at radius 1 is 1.36 bits per heavy atom. The summed E-state index contributed by atoms with van der Waals surface area (Å²) in [5, 5.41) is 9.09. The summed E-state index contributed by atoms with van der Waals surface area (Å²) in [5.74, 6) is 0.942. The van der Waals surface area contributed by atoms with Crippen LogP contribution < -0.4 is 5.73 Å². The summed E-state index contributed by atoms with van der Waals surface area (Å²) in [6, 6.07) is 0. The van der Waals surface area contributed by atoms with Crippen molar-refractivity contribution in [3.8, 4) is 0 Å². The van der Waals surface area contributed by atoms with Gasteiger partial charge in [0.2, 0.25) is 0 Å².